The molecular weight excluding hydrogens is 339 g/mol. The van der Waals surface area contributed by atoms with Crippen molar-refractivity contribution in [1.82, 2.24) is 9.34 Å². The molecule has 0 aromatic heterocycles. The van der Waals surface area contributed by atoms with Crippen molar-refractivity contribution in [3.05, 3.63) is 0 Å². The lowest BCUT2D eigenvalue weighted by atomic mass is 10.0. The molecule has 1 aliphatic carbocycles. The van der Waals surface area contributed by atoms with Gasteiger partial charge in [-0.25, -0.2) is 9.34 Å². The van der Waals surface area contributed by atoms with Crippen LogP contribution >= 0.6 is 7.44 Å². The molecule has 0 spiro atoms. The van der Waals surface area contributed by atoms with Crippen molar-refractivity contribution < 1.29 is 4.57 Å². The van der Waals surface area contributed by atoms with Gasteiger partial charge in [0, 0.05) is 31.8 Å². The molecule has 0 unspecified atom stereocenters. The predicted molar refractivity (Wildman–Crippen MR) is 117 cm³/mol. The molecule has 0 amide bonds. The highest BCUT2D eigenvalue weighted by molar-refractivity contribution is 7.59. The van der Waals surface area contributed by atoms with Crippen molar-refractivity contribution in [2.75, 3.05) is 26.2 Å². The van der Waals surface area contributed by atoms with Gasteiger partial charge in [-0.05, 0) is 38.5 Å². The van der Waals surface area contributed by atoms with Crippen LogP contribution in [0.25, 0.3) is 0 Å². The molecule has 0 aromatic rings. The Kier molecular flexibility index (Phi) is 13.2. The summed E-state index contributed by atoms with van der Waals surface area (Å²) in [5.41, 5.74) is 0.415. The molecule has 0 aromatic carbocycles. The van der Waals surface area contributed by atoms with Crippen LogP contribution in [0.5, 0.6) is 0 Å². The van der Waals surface area contributed by atoms with Crippen LogP contribution < -0.4 is 0 Å². The second-order valence-corrected chi connectivity index (χ2v) is 11.2. The van der Waals surface area contributed by atoms with Crippen LogP contribution in [0.15, 0.2) is 0 Å². The van der Waals surface area contributed by atoms with Crippen LogP contribution in [-0.4, -0.2) is 41.2 Å². The van der Waals surface area contributed by atoms with Gasteiger partial charge in [0.1, 0.15) is 0 Å². The summed E-state index contributed by atoms with van der Waals surface area (Å²) < 4.78 is 19.8. The third kappa shape index (κ3) is 7.28. The molecule has 1 saturated carbocycles. The monoisotopic (exact) mass is 386 g/mol. The molecule has 156 valence electrons. The van der Waals surface area contributed by atoms with Crippen molar-refractivity contribution >= 4 is 7.44 Å². The molecule has 0 atom stereocenters. The zero-order chi connectivity index (χ0) is 19.3. The molecule has 4 heteroatoms. The van der Waals surface area contributed by atoms with Gasteiger partial charge in [-0.1, -0.05) is 72.6 Å². The Balaban J connectivity index is 3.14. The van der Waals surface area contributed by atoms with E-state index in [9.17, 15) is 4.57 Å². The smallest absolute Gasteiger partial charge is 0.219 e. The predicted octanol–water partition coefficient (Wildman–Crippen LogP) is 7.32. The van der Waals surface area contributed by atoms with Crippen LogP contribution in [-0.2, 0) is 4.57 Å². The standard InChI is InChI=1S/C22H47N2OP/c1-5-9-18-23(19-10-6-2)26(25,22-16-14-13-15-17-22)24(20-11-7-3)21-12-8-4/h22H,5-21H2,1-4H3. The van der Waals surface area contributed by atoms with Gasteiger partial charge in [-0.2, -0.15) is 0 Å². The fourth-order valence-electron chi connectivity index (χ4n) is 4.22. The van der Waals surface area contributed by atoms with Gasteiger partial charge >= 0.3 is 0 Å². The van der Waals surface area contributed by atoms with E-state index in [1.165, 1.54) is 83.5 Å². The quantitative estimate of drug-likeness (QED) is 0.275. The molecule has 0 heterocycles. The van der Waals surface area contributed by atoms with E-state index in [0.717, 1.165) is 26.2 Å². The number of unbranched alkanes of at least 4 members (excludes halogenated alkanes) is 4. The second-order valence-electron chi connectivity index (χ2n) is 8.20. The molecule has 0 N–H and O–H groups in total. The van der Waals surface area contributed by atoms with E-state index in [4.69, 9.17) is 0 Å². The first-order valence-corrected chi connectivity index (χ1v) is 13.4. The minimum Gasteiger partial charge on any atom is -0.288 e. The largest absolute Gasteiger partial charge is 0.288 e. The molecule has 0 bridgehead atoms. The van der Waals surface area contributed by atoms with Crippen LogP contribution in [0, 0.1) is 0 Å². The number of hydrogen-bond acceptors (Lipinski definition) is 1. The van der Waals surface area contributed by atoms with Crippen LogP contribution in [0.1, 0.15) is 111 Å². The van der Waals surface area contributed by atoms with Gasteiger partial charge in [0.2, 0.25) is 7.44 Å². The van der Waals surface area contributed by atoms with E-state index < -0.39 is 7.44 Å². The van der Waals surface area contributed by atoms with E-state index in [1.807, 2.05) is 0 Å². The molecule has 1 fully saturated rings. The Hall–Kier alpha value is 0.150. The fraction of sp³-hybridized carbons (Fsp3) is 1.00. The Morgan fingerprint density at radius 3 is 1.31 bits per heavy atom. The minimum absolute atomic E-state index is 0.415. The van der Waals surface area contributed by atoms with Gasteiger partial charge in [0.25, 0.3) is 0 Å². The summed E-state index contributed by atoms with van der Waals surface area (Å²) >= 11 is 0. The average Bonchev–Trinajstić information content (AvgIpc) is 2.68. The lowest BCUT2D eigenvalue weighted by Gasteiger charge is -2.45. The highest BCUT2D eigenvalue weighted by Gasteiger charge is 2.43. The molecule has 0 radical (unpaired) electrons. The second kappa shape index (κ2) is 14.2. The summed E-state index contributed by atoms with van der Waals surface area (Å²) in [7, 11) is -2.47. The normalized spacial score (nSPS) is 16.7. The van der Waals surface area contributed by atoms with Crippen LogP contribution in [0.3, 0.4) is 0 Å². The third-order valence-corrected chi connectivity index (χ3v) is 9.83. The molecule has 0 aliphatic heterocycles. The van der Waals surface area contributed by atoms with Crippen LogP contribution in [0.4, 0.5) is 0 Å². The first-order valence-electron chi connectivity index (χ1n) is 11.8. The van der Waals surface area contributed by atoms with Gasteiger partial charge < -0.3 is 0 Å². The summed E-state index contributed by atoms with van der Waals surface area (Å²) in [6.07, 6.45) is 15.7. The Morgan fingerprint density at radius 2 is 1.00 bits per heavy atom. The summed E-state index contributed by atoms with van der Waals surface area (Å²) in [6.45, 7) is 13.1. The van der Waals surface area contributed by atoms with E-state index in [-0.39, 0.29) is 0 Å². The fourth-order valence-corrected chi connectivity index (χ4v) is 8.25. The molecular formula is C22H47N2OP. The number of hydrogen-bond donors (Lipinski definition) is 0. The van der Waals surface area contributed by atoms with Crippen molar-refractivity contribution in [3.63, 3.8) is 0 Å². The minimum atomic E-state index is -2.47. The maximum absolute atomic E-state index is 14.8. The average molecular weight is 387 g/mol. The summed E-state index contributed by atoms with van der Waals surface area (Å²) in [5, 5.41) is 0. The van der Waals surface area contributed by atoms with Gasteiger partial charge in [-0.15, -0.1) is 0 Å². The summed E-state index contributed by atoms with van der Waals surface area (Å²) in [4.78, 5) is 0. The number of nitrogens with zero attached hydrogens (tertiary/aromatic N) is 2. The zero-order valence-electron chi connectivity index (χ0n) is 18.3. The van der Waals surface area contributed by atoms with Crippen molar-refractivity contribution in [3.8, 4) is 0 Å². The molecule has 3 nitrogen and oxygen atoms in total. The van der Waals surface area contributed by atoms with Gasteiger partial charge in [-0.3, -0.25) is 4.57 Å². The highest BCUT2D eigenvalue weighted by Crippen LogP contribution is 2.61. The van der Waals surface area contributed by atoms with Crippen molar-refractivity contribution in [1.29, 1.82) is 0 Å². The Bertz CT molecular complexity index is 342. The highest BCUT2D eigenvalue weighted by atomic mass is 31.2. The first kappa shape index (κ1) is 24.2. The molecule has 0 saturated heterocycles. The topological polar surface area (TPSA) is 23.6 Å². The molecule has 26 heavy (non-hydrogen) atoms. The van der Waals surface area contributed by atoms with Crippen molar-refractivity contribution in [2.45, 2.75) is 117 Å². The van der Waals surface area contributed by atoms with Crippen LogP contribution in [0.2, 0.25) is 0 Å². The van der Waals surface area contributed by atoms with E-state index in [1.54, 1.807) is 0 Å². The maximum Gasteiger partial charge on any atom is 0.219 e. The first-order chi connectivity index (χ1) is 12.6. The van der Waals surface area contributed by atoms with E-state index >= 15 is 0 Å². The van der Waals surface area contributed by atoms with E-state index in [0.29, 0.717) is 5.66 Å². The van der Waals surface area contributed by atoms with Gasteiger partial charge in [0.05, 0.1) is 0 Å². The molecule has 1 aliphatic rings. The lowest BCUT2D eigenvalue weighted by Crippen LogP contribution is -2.40. The zero-order valence-corrected chi connectivity index (χ0v) is 19.2. The summed E-state index contributed by atoms with van der Waals surface area (Å²) in [6, 6.07) is 0. The third-order valence-electron chi connectivity index (χ3n) is 5.94. The van der Waals surface area contributed by atoms with Crippen molar-refractivity contribution in [2.24, 2.45) is 0 Å². The Labute approximate surface area is 164 Å². The summed E-state index contributed by atoms with van der Waals surface area (Å²) in [5.74, 6) is 0. The molecule has 1 rings (SSSR count). The lowest BCUT2D eigenvalue weighted by molar-refractivity contribution is 0.299. The maximum atomic E-state index is 14.8. The Morgan fingerprint density at radius 1 is 0.654 bits per heavy atom. The SMILES string of the molecule is CCCCN(CCCC)P(=O)(C1CCCCC1)N(CCCC)CCCC. The van der Waals surface area contributed by atoms with E-state index in [2.05, 4.69) is 37.0 Å². The van der Waals surface area contributed by atoms with Gasteiger partial charge in [0.15, 0.2) is 0 Å². The number of rotatable bonds is 15.